The minimum atomic E-state index is -3.38. The topological polar surface area (TPSA) is 58.9 Å². The molecule has 0 aliphatic heterocycles. The zero-order valence-corrected chi connectivity index (χ0v) is 4.58. The van der Waals surface area contributed by atoms with E-state index >= 15 is 0 Å². The molecule has 0 radical (unpaired) electrons. The second kappa shape index (κ2) is 6.97. The summed E-state index contributed by atoms with van der Waals surface area (Å²) in [5, 5.41) is 15.6. The molecule has 11 heavy (non-hydrogen) atoms. The Balaban J connectivity index is 0. The molecule has 2 N–H and O–H groups in total. The molecule has 1 atom stereocenters. The fourth-order valence-electron chi connectivity index (χ4n) is 0.145. The van der Waals surface area contributed by atoms with Crippen LogP contribution in [0.2, 0.25) is 0 Å². The summed E-state index contributed by atoms with van der Waals surface area (Å²) in [5.74, 6) is 0. The van der Waals surface area contributed by atoms with Gasteiger partial charge in [0.25, 0.3) is 12.8 Å². The summed E-state index contributed by atoms with van der Waals surface area (Å²) in [7, 11) is -2.42. The Kier molecular flexibility index (Phi) is 8.78. The van der Waals surface area contributed by atoms with Crippen molar-refractivity contribution in [1.29, 1.82) is 0 Å². The second-order valence-corrected chi connectivity index (χ2v) is 1.20. The van der Waals surface area contributed by atoms with E-state index < -0.39 is 20.1 Å². The van der Waals surface area contributed by atoms with Gasteiger partial charge in [-0.25, -0.2) is 22.9 Å². The second-order valence-electron chi connectivity index (χ2n) is 1.20. The molecule has 0 saturated heterocycles. The predicted molar refractivity (Wildman–Crippen MR) is 30.4 cm³/mol. The van der Waals surface area contributed by atoms with Crippen molar-refractivity contribution in [2.75, 3.05) is 0 Å². The Labute approximate surface area is 72.6 Å². The van der Waals surface area contributed by atoms with Crippen molar-refractivity contribution in [3.8, 4) is 0 Å². The molecule has 0 spiro atoms. The molecule has 9 heteroatoms. The maximum absolute atomic E-state index is 11.6. The zero-order valence-electron chi connectivity index (χ0n) is 4.58. The average Bonchev–Trinajstić information content (AvgIpc) is 1.82. The van der Waals surface area contributed by atoms with Crippen molar-refractivity contribution in [3.05, 3.63) is 0 Å². The molecule has 4 nitrogen and oxygen atoms in total. The van der Waals surface area contributed by atoms with Crippen molar-refractivity contribution >= 4 is 26.2 Å². The zero-order chi connectivity index (χ0) is 8.15. The van der Waals surface area contributed by atoms with Crippen LogP contribution in [0.4, 0.5) is 13.2 Å². The van der Waals surface area contributed by atoms with E-state index in [9.17, 15) is 13.2 Å². The summed E-state index contributed by atoms with van der Waals surface area (Å²) in [6, 6.07) is 0. The standard InChI is InChI=1S/C2H4BF3O4.Li.H/c4-1(5)2(6)9-10-3(7)8;;/h1-2,7-8H;;. The van der Waals surface area contributed by atoms with Crippen LogP contribution in [0.15, 0.2) is 0 Å². The van der Waals surface area contributed by atoms with Crippen LogP contribution in [-0.2, 0) is 9.69 Å². The first-order chi connectivity index (χ1) is 4.54. The van der Waals surface area contributed by atoms with E-state index in [4.69, 9.17) is 10.0 Å². The van der Waals surface area contributed by atoms with E-state index in [2.05, 4.69) is 9.69 Å². The monoisotopic (exact) mass is 168 g/mol. The van der Waals surface area contributed by atoms with Crippen molar-refractivity contribution in [1.82, 2.24) is 0 Å². The van der Waals surface area contributed by atoms with Crippen LogP contribution in [0.5, 0.6) is 0 Å². The predicted octanol–water partition coefficient (Wildman–Crippen LogP) is -1.18. The molecule has 0 aromatic carbocycles. The number of hydrogen-bond acceptors (Lipinski definition) is 4. The van der Waals surface area contributed by atoms with Gasteiger partial charge in [0.2, 0.25) is 0 Å². The Morgan fingerprint density at radius 3 is 1.91 bits per heavy atom. The van der Waals surface area contributed by atoms with Gasteiger partial charge in [-0.05, 0) is 0 Å². The molecule has 0 aliphatic rings. The van der Waals surface area contributed by atoms with Gasteiger partial charge >= 0.3 is 26.2 Å². The van der Waals surface area contributed by atoms with E-state index in [-0.39, 0.29) is 18.9 Å². The summed E-state index contributed by atoms with van der Waals surface area (Å²) < 4.78 is 33.8. The summed E-state index contributed by atoms with van der Waals surface area (Å²) in [6.07, 6.45) is -6.35. The third-order valence-corrected chi connectivity index (χ3v) is 0.432. The van der Waals surface area contributed by atoms with Crippen molar-refractivity contribution in [2.24, 2.45) is 0 Å². The summed E-state index contributed by atoms with van der Waals surface area (Å²) in [5.41, 5.74) is 0. The van der Waals surface area contributed by atoms with E-state index in [1.54, 1.807) is 0 Å². The molecule has 0 fully saturated rings. The fourth-order valence-corrected chi connectivity index (χ4v) is 0.145. The van der Waals surface area contributed by atoms with Crippen molar-refractivity contribution < 1.29 is 32.9 Å². The normalized spacial score (nSPS) is 12.5. The Morgan fingerprint density at radius 2 is 1.64 bits per heavy atom. The average molecular weight is 168 g/mol. The third kappa shape index (κ3) is 8.20. The molecule has 0 heterocycles. The molecule has 1 unspecified atom stereocenters. The first-order valence-electron chi connectivity index (χ1n) is 2.14. The van der Waals surface area contributed by atoms with Crippen LogP contribution in [0.25, 0.3) is 0 Å². The number of rotatable bonds is 4. The number of hydrogen-bond donors (Lipinski definition) is 2. The maximum atomic E-state index is 11.6. The first kappa shape index (κ1) is 13.9. The number of alkyl halides is 3. The fraction of sp³-hybridized carbons (Fsp3) is 1.00. The van der Waals surface area contributed by atoms with Gasteiger partial charge in [-0.15, -0.1) is 0 Å². The molecule has 0 saturated carbocycles. The Bertz CT molecular complexity index is 95.4. The molecule has 0 amide bonds. The van der Waals surface area contributed by atoms with Crippen LogP contribution in [0, 0.1) is 0 Å². The summed E-state index contributed by atoms with van der Waals surface area (Å²) >= 11 is 0. The van der Waals surface area contributed by atoms with Crippen molar-refractivity contribution in [2.45, 2.75) is 12.8 Å². The molecule has 0 aromatic heterocycles. The van der Waals surface area contributed by atoms with Gasteiger partial charge in [-0.2, -0.15) is 0 Å². The van der Waals surface area contributed by atoms with Gasteiger partial charge in [0, 0.05) is 0 Å². The van der Waals surface area contributed by atoms with Crippen LogP contribution in [0.1, 0.15) is 0 Å². The molecule has 62 valence electrons. The Morgan fingerprint density at radius 1 is 1.18 bits per heavy atom. The van der Waals surface area contributed by atoms with Gasteiger partial charge in [-0.1, -0.05) is 0 Å². The SMILES string of the molecule is OB(O)OOC(F)C(F)F.[LiH]. The third-order valence-electron chi connectivity index (χ3n) is 0.432. The van der Waals surface area contributed by atoms with E-state index in [0.29, 0.717) is 0 Å². The quantitative estimate of drug-likeness (QED) is 0.315. The van der Waals surface area contributed by atoms with E-state index in [1.165, 1.54) is 0 Å². The van der Waals surface area contributed by atoms with Crippen LogP contribution in [0.3, 0.4) is 0 Å². The molecule has 0 bridgehead atoms. The van der Waals surface area contributed by atoms with Gasteiger partial charge < -0.3 is 10.0 Å². The van der Waals surface area contributed by atoms with Gasteiger partial charge in [0.15, 0.2) is 0 Å². The Hall–Kier alpha value is 0.292. The molecular formula is C2H5BF3LiO4. The van der Waals surface area contributed by atoms with Gasteiger partial charge in [0.1, 0.15) is 0 Å². The van der Waals surface area contributed by atoms with Crippen LogP contribution >= 0.6 is 0 Å². The van der Waals surface area contributed by atoms with Crippen molar-refractivity contribution in [3.63, 3.8) is 0 Å². The van der Waals surface area contributed by atoms with Gasteiger partial charge in [-0.3, -0.25) is 0 Å². The van der Waals surface area contributed by atoms with Crippen LogP contribution < -0.4 is 0 Å². The van der Waals surface area contributed by atoms with E-state index in [1.807, 2.05) is 0 Å². The van der Waals surface area contributed by atoms with E-state index in [0.717, 1.165) is 0 Å². The summed E-state index contributed by atoms with van der Waals surface area (Å²) in [4.78, 5) is 6.37. The molecule has 0 aliphatic carbocycles. The molecular weight excluding hydrogens is 163 g/mol. The summed E-state index contributed by atoms with van der Waals surface area (Å²) in [6.45, 7) is 0. The molecule has 0 aromatic rings. The van der Waals surface area contributed by atoms with Crippen LogP contribution in [-0.4, -0.2) is 49.0 Å². The van der Waals surface area contributed by atoms with Gasteiger partial charge in [0.05, 0.1) is 0 Å². The first-order valence-corrected chi connectivity index (χ1v) is 2.14. The number of halogens is 3. The molecule has 0 rings (SSSR count). The minimum absolute atomic E-state index is 0.